The first-order valence-corrected chi connectivity index (χ1v) is 11.2. The van der Waals surface area contributed by atoms with Crippen molar-refractivity contribution < 1.29 is 14.4 Å². The topological polar surface area (TPSA) is 132 Å². The van der Waals surface area contributed by atoms with Gasteiger partial charge < -0.3 is 15.5 Å². The first-order valence-electron chi connectivity index (χ1n) is 11.2. The highest BCUT2D eigenvalue weighted by Gasteiger charge is 2.39. The summed E-state index contributed by atoms with van der Waals surface area (Å²) in [5, 5.41) is 16.5. The van der Waals surface area contributed by atoms with Crippen LogP contribution in [0, 0.1) is 0 Å². The lowest BCUT2D eigenvalue weighted by Gasteiger charge is -2.29. The van der Waals surface area contributed by atoms with E-state index in [1.807, 2.05) is 18.2 Å². The van der Waals surface area contributed by atoms with Crippen molar-refractivity contribution in [3.8, 4) is 0 Å². The van der Waals surface area contributed by atoms with Crippen LogP contribution in [0.5, 0.6) is 0 Å². The lowest BCUT2D eigenvalue weighted by atomic mass is 9.98. The van der Waals surface area contributed by atoms with Crippen LogP contribution in [0.25, 0.3) is 0 Å². The largest absolute Gasteiger partial charge is 0.322 e. The summed E-state index contributed by atoms with van der Waals surface area (Å²) in [4.78, 5) is 42.6. The zero-order valence-corrected chi connectivity index (χ0v) is 17.8. The summed E-state index contributed by atoms with van der Waals surface area (Å²) in [6.45, 7) is 3.61. The average Bonchev–Trinajstić information content (AvgIpc) is 3.39. The molecule has 0 bridgehead atoms. The van der Waals surface area contributed by atoms with Crippen LogP contribution in [0.3, 0.4) is 0 Å². The molecule has 4 N–H and O–H groups in total. The summed E-state index contributed by atoms with van der Waals surface area (Å²) < 4.78 is 0. The summed E-state index contributed by atoms with van der Waals surface area (Å²) in [6, 6.07) is 5.17. The smallest absolute Gasteiger partial charge is 0.255 e. The van der Waals surface area contributed by atoms with Crippen molar-refractivity contribution in [2.24, 2.45) is 0 Å². The number of aromatic amines is 1. The number of imide groups is 1. The SMILES string of the molecule is O=C1CCC(N2Cc3cc(CNCc4nc(C5CCNCC5)n[nH]4)ccc3C2=O)C(=O)N1. The van der Waals surface area contributed by atoms with E-state index in [0.717, 1.165) is 48.7 Å². The molecule has 1 aromatic carbocycles. The van der Waals surface area contributed by atoms with Gasteiger partial charge in [-0.2, -0.15) is 5.10 Å². The summed E-state index contributed by atoms with van der Waals surface area (Å²) in [6.07, 6.45) is 2.75. The van der Waals surface area contributed by atoms with E-state index in [0.29, 0.717) is 37.5 Å². The predicted octanol–water partition coefficient (Wildman–Crippen LogP) is 0.323. The fourth-order valence-electron chi connectivity index (χ4n) is 4.71. The van der Waals surface area contributed by atoms with Gasteiger partial charge in [0.15, 0.2) is 5.82 Å². The van der Waals surface area contributed by atoms with Crippen molar-refractivity contribution in [3.63, 3.8) is 0 Å². The fraction of sp³-hybridized carbons (Fsp3) is 0.500. The Kier molecular flexibility index (Phi) is 5.71. The van der Waals surface area contributed by atoms with Crippen molar-refractivity contribution in [1.29, 1.82) is 0 Å². The molecule has 3 aliphatic heterocycles. The Bertz CT molecular complexity index is 1040. The molecule has 32 heavy (non-hydrogen) atoms. The number of carbonyl (C=O) groups is 3. The maximum absolute atomic E-state index is 12.8. The molecule has 168 valence electrons. The maximum Gasteiger partial charge on any atom is 0.255 e. The van der Waals surface area contributed by atoms with Crippen molar-refractivity contribution in [2.75, 3.05) is 13.1 Å². The lowest BCUT2D eigenvalue weighted by Crippen LogP contribution is -2.52. The van der Waals surface area contributed by atoms with Gasteiger partial charge in [0.1, 0.15) is 11.9 Å². The Labute approximate surface area is 185 Å². The minimum atomic E-state index is -0.588. The van der Waals surface area contributed by atoms with Gasteiger partial charge in [0.05, 0.1) is 6.54 Å². The molecular weight excluding hydrogens is 410 g/mol. The number of H-pyrrole nitrogens is 1. The van der Waals surface area contributed by atoms with Crippen molar-refractivity contribution >= 4 is 17.7 Å². The first-order chi connectivity index (χ1) is 15.6. The average molecular weight is 438 g/mol. The van der Waals surface area contributed by atoms with Gasteiger partial charge in [-0.25, -0.2) is 4.98 Å². The second-order valence-electron chi connectivity index (χ2n) is 8.66. The second-order valence-corrected chi connectivity index (χ2v) is 8.66. The van der Waals surface area contributed by atoms with Gasteiger partial charge in [-0.05, 0) is 49.5 Å². The van der Waals surface area contributed by atoms with Crippen molar-refractivity contribution in [1.82, 2.24) is 36.0 Å². The standard InChI is InChI=1S/C22H27N7O3/c30-19-4-3-17(21(31)26-19)29-12-15-9-13(1-2-16(15)22(29)32)10-24-11-18-25-20(28-27-18)14-5-7-23-8-6-14/h1-2,9,14,17,23-24H,3-8,10-12H2,(H,25,27,28)(H,26,30,31). The van der Waals surface area contributed by atoms with Crippen molar-refractivity contribution in [3.05, 3.63) is 46.5 Å². The van der Waals surface area contributed by atoms with Crippen LogP contribution in [0.4, 0.5) is 0 Å². The van der Waals surface area contributed by atoms with E-state index in [9.17, 15) is 14.4 Å². The Morgan fingerprint density at radius 2 is 1.94 bits per heavy atom. The molecule has 1 atom stereocenters. The minimum absolute atomic E-state index is 0.152. The Hall–Kier alpha value is -3.11. The number of fused-ring (bicyclic) bond motifs is 1. The van der Waals surface area contributed by atoms with Gasteiger partial charge in [0.25, 0.3) is 5.91 Å². The normalized spacial score (nSPS) is 21.7. The molecule has 0 aliphatic carbocycles. The van der Waals surface area contributed by atoms with Crippen LogP contribution >= 0.6 is 0 Å². The van der Waals surface area contributed by atoms with Gasteiger partial charge in [0, 0.05) is 31.0 Å². The molecule has 0 spiro atoms. The number of hydrogen-bond donors (Lipinski definition) is 4. The third-order valence-electron chi connectivity index (χ3n) is 6.46. The molecule has 1 aromatic heterocycles. The molecular formula is C22H27N7O3. The number of carbonyl (C=O) groups excluding carboxylic acids is 3. The molecule has 2 saturated heterocycles. The van der Waals surface area contributed by atoms with Crippen LogP contribution in [-0.4, -0.2) is 56.9 Å². The van der Waals surface area contributed by atoms with Gasteiger partial charge >= 0.3 is 0 Å². The van der Waals surface area contributed by atoms with E-state index in [4.69, 9.17) is 0 Å². The van der Waals surface area contributed by atoms with E-state index < -0.39 is 6.04 Å². The number of rotatable bonds is 6. The van der Waals surface area contributed by atoms with Gasteiger partial charge in [-0.15, -0.1) is 0 Å². The second kappa shape index (κ2) is 8.79. The molecule has 2 aromatic rings. The molecule has 3 aliphatic rings. The number of piperidine rings is 2. The van der Waals surface area contributed by atoms with E-state index in [2.05, 4.69) is 31.1 Å². The lowest BCUT2D eigenvalue weighted by molar-refractivity contribution is -0.136. The fourth-order valence-corrected chi connectivity index (χ4v) is 4.71. The van der Waals surface area contributed by atoms with Crippen LogP contribution in [0.2, 0.25) is 0 Å². The number of amides is 3. The molecule has 0 radical (unpaired) electrons. The highest BCUT2D eigenvalue weighted by atomic mass is 16.2. The summed E-state index contributed by atoms with van der Waals surface area (Å²) in [5.41, 5.74) is 2.59. The van der Waals surface area contributed by atoms with Gasteiger partial charge in [-0.3, -0.25) is 24.8 Å². The highest BCUT2D eigenvalue weighted by Crippen LogP contribution is 2.28. The summed E-state index contributed by atoms with van der Waals surface area (Å²) >= 11 is 0. The summed E-state index contributed by atoms with van der Waals surface area (Å²) in [7, 11) is 0. The van der Waals surface area contributed by atoms with E-state index in [1.165, 1.54) is 0 Å². The van der Waals surface area contributed by atoms with Crippen LogP contribution < -0.4 is 16.0 Å². The van der Waals surface area contributed by atoms with Crippen LogP contribution in [0.1, 0.15) is 64.7 Å². The molecule has 3 amide bonds. The minimum Gasteiger partial charge on any atom is -0.322 e. The van der Waals surface area contributed by atoms with Crippen LogP contribution in [-0.2, 0) is 29.2 Å². The third-order valence-corrected chi connectivity index (χ3v) is 6.46. The van der Waals surface area contributed by atoms with Crippen LogP contribution in [0.15, 0.2) is 18.2 Å². The van der Waals surface area contributed by atoms with Crippen molar-refractivity contribution in [2.45, 2.75) is 57.3 Å². The van der Waals surface area contributed by atoms with Gasteiger partial charge in [-0.1, -0.05) is 12.1 Å². The zero-order chi connectivity index (χ0) is 22.1. The number of benzene rings is 1. The molecule has 2 fully saturated rings. The van der Waals surface area contributed by atoms with E-state index in [-0.39, 0.29) is 24.1 Å². The number of aromatic nitrogens is 3. The van der Waals surface area contributed by atoms with Gasteiger partial charge in [0.2, 0.25) is 11.8 Å². The Morgan fingerprint density at radius 3 is 2.75 bits per heavy atom. The maximum atomic E-state index is 12.8. The van der Waals surface area contributed by atoms with E-state index >= 15 is 0 Å². The monoisotopic (exact) mass is 437 g/mol. The highest BCUT2D eigenvalue weighted by molar-refractivity contribution is 6.05. The predicted molar refractivity (Wildman–Crippen MR) is 114 cm³/mol. The number of nitrogens with one attached hydrogen (secondary N) is 4. The number of hydrogen-bond acceptors (Lipinski definition) is 7. The zero-order valence-electron chi connectivity index (χ0n) is 17.8. The molecule has 4 heterocycles. The number of nitrogens with zero attached hydrogens (tertiary/aromatic N) is 3. The third kappa shape index (κ3) is 4.15. The molecule has 1 unspecified atom stereocenters. The van der Waals surface area contributed by atoms with E-state index in [1.54, 1.807) is 4.90 Å². The molecule has 5 rings (SSSR count). The Balaban J connectivity index is 1.17. The Morgan fingerprint density at radius 1 is 1.09 bits per heavy atom. The molecule has 10 heteroatoms. The first kappa shape index (κ1) is 20.8. The summed E-state index contributed by atoms with van der Waals surface area (Å²) in [5.74, 6) is 1.31. The molecule has 10 nitrogen and oxygen atoms in total. The molecule has 0 saturated carbocycles. The quantitative estimate of drug-likeness (QED) is 0.479.